The average Bonchev–Trinajstić information content (AvgIpc) is 3.34. The molecule has 2 atom stereocenters. The zero-order valence-electron chi connectivity index (χ0n) is 19.4. The summed E-state index contributed by atoms with van der Waals surface area (Å²) in [6.07, 6.45) is 1.00. The number of carboxylic acids is 1. The number of carbonyl (C=O) groups is 4. The summed E-state index contributed by atoms with van der Waals surface area (Å²) in [6, 6.07) is 11.5. The van der Waals surface area contributed by atoms with Crippen LogP contribution in [0.15, 0.2) is 47.5 Å². The van der Waals surface area contributed by atoms with E-state index in [0.717, 1.165) is 16.8 Å². The lowest BCUT2D eigenvalue weighted by molar-refractivity contribution is -0.128. The minimum absolute atomic E-state index is 0.0348. The minimum Gasteiger partial charge on any atom is -0.478 e. The molecular weight excluding hydrogens is 468 g/mol. The fourth-order valence-corrected chi connectivity index (χ4v) is 5.23. The maximum Gasteiger partial charge on any atom is 0.335 e. The van der Waals surface area contributed by atoms with Crippen molar-refractivity contribution >= 4 is 52.0 Å². The molecule has 0 bridgehead atoms. The van der Waals surface area contributed by atoms with Crippen LogP contribution in [0.1, 0.15) is 40.7 Å². The standard InChI is InChI=1S/C25H26N4O5S/c1-14-4-3-5-15(2)22(14)28-25-29(13-18-10-11-20(30)27-18)23(32)19(35-25)12-21(31)26-17-8-6-16(7-9-17)24(33)34/h3-9,18-19H,10-13H2,1-2H3,(H,26,31)(H,27,30)(H,33,34)/t18-,19?/m0/s1. The van der Waals surface area contributed by atoms with Gasteiger partial charge in [-0.3, -0.25) is 19.3 Å². The summed E-state index contributed by atoms with van der Waals surface area (Å²) >= 11 is 1.24. The van der Waals surface area contributed by atoms with Gasteiger partial charge in [-0.25, -0.2) is 9.79 Å². The van der Waals surface area contributed by atoms with Gasteiger partial charge in [0.2, 0.25) is 17.7 Å². The second-order valence-corrected chi connectivity index (χ2v) is 9.80. The Balaban J connectivity index is 1.52. The molecule has 2 saturated heterocycles. The number of amidine groups is 1. The first-order chi connectivity index (χ1) is 16.7. The van der Waals surface area contributed by atoms with Crippen LogP contribution in [0.5, 0.6) is 0 Å². The molecule has 2 aliphatic heterocycles. The number of carboxylic acid groups (broad SMARTS) is 1. The largest absolute Gasteiger partial charge is 0.478 e. The Hall–Kier alpha value is -3.66. The van der Waals surface area contributed by atoms with Gasteiger partial charge < -0.3 is 15.7 Å². The van der Waals surface area contributed by atoms with Gasteiger partial charge in [0.05, 0.1) is 11.3 Å². The van der Waals surface area contributed by atoms with Crippen LogP contribution >= 0.6 is 11.8 Å². The number of hydrogen-bond acceptors (Lipinski definition) is 6. The molecular formula is C25H26N4O5S. The lowest BCUT2D eigenvalue weighted by Crippen LogP contribution is -2.42. The Morgan fingerprint density at radius 1 is 1.14 bits per heavy atom. The van der Waals surface area contributed by atoms with E-state index in [-0.39, 0.29) is 35.7 Å². The van der Waals surface area contributed by atoms with Crippen molar-refractivity contribution in [2.45, 2.75) is 44.4 Å². The Labute approximate surface area is 207 Å². The van der Waals surface area contributed by atoms with Crippen LogP contribution in [0.2, 0.25) is 0 Å². The van der Waals surface area contributed by atoms with Crippen molar-refractivity contribution in [3.63, 3.8) is 0 Å². The van der Waals surface area contributed by atoms with Gasteiger partial charge >= 0.3 is 5.97 Å². The molecule has 0 aromatic heterocycles. The summed E-state index contributed by atoms with van der Waals surface area (Å²) in [5.41, 5.74) is 3.31. The van der Waals surface area contributed by atoms with Crippen LogP contribution in [0.4, 0.5) is 11.4 Å². The number of aliphatic imine (C=N–C) groups is 1. The third kappa shape index (κ3) is 5.71. The van der Waals surface area contributed by atoms with E-state index in [4.69, 9.17) is 10.1 Å². The van der Waals surface area contributed by atoms with Crippen molar-refractivity contribution in [3.05, 3.63) is 59.2 Å². The second-order valence-electron chi connectivity index (χ2n) is 8.63. The van der Waals surface area contributed by atoms with Gasteiger partial charge in [0.1, 0.15) is 5.25 Å². The van der Waals surface area contributed by atoms with Gasteiger partial charge in [0, 0.05) is 31.1 Å². The number of aryl methyl sites for hydroxylation is 2. The van der Waals surface area contributed by atoms with E-state index in [9.17, 15) is 19.2 Å². The van der Waals surface area contributed by atoms with E-state index in [2.05, 4.69) is 10.6 Å². The number of carbonyl (C=O) groups excluding carboxylic acids is 3. The van der Waals surface area contributed by atoms with Crippen LogP contribution in [0, 0.1) is 13.8 Å². The summed E-state index contributed by atoms with van der Waals surface area (Å²) < 4.78 is 0. The fourth-order valence-electron chi connectivity index (χ4n) is 4.08. The fraction of sp³-hybridized carbons (Fsp3) is 0.320. The van der Waals surface area contributed by atoms with E-state index < -0.39 is 11.2 Å². The van der Waals surface area contributed by atoms with Crippen molar-refractivity contribution in [2.75, 3.05) is 11.9 Å². The summed E-state index contributed by atoms with van der Waals surface area (Å²) in [7, 11) is 0. The first-order valence-corrected chi connectivity index (χ1v) is 12.1. The molecule has 2 fully saturated rings. The number of anilines is 1. The van der Waals surface area contributed by atoms with Crippen molar-refractivity contribution in [1.82, 2.24) is 10.2 Å². The summed E-state index contributed by atoms with van der Waals surface area (Å²) in [5, 5.41) is 14.5. The van der Waals surface area contributed by atoms with Gasteiger partial charge in [-0.05, 0) is 55.7 Å². The number of aromatic carboxylic acids is 1. The second kappa shape index (κ2) is 10.3. The van der Waals surface area contributed by atoms with Crippen molar-refractivity contribution in [3.8, 4) is 0 Å². The topological polar surface area (TPSA) is 128 Å². The van der Waals surface area contributed by atoms with Gasteiger partial charge in [0.15, 0.2) is 5.17 Å². The minimum atomic E-state index is -1.05. The van der Waals surface area contributed by atoms with Crippen LogP contribution < -0.4 is 10.6 Å². The molecule has 3 amide bonds. The molecule has 1 unspecified atom stereocenters. The summed E-state index contributed by atoms with van der Waals surface area (Å²) in [4.78, 5) is 55.1. The number of nitrogens with zero attached hydrogens (tertiary/aromatic N) is 2. The SMILES string of the molecule is Cc1cccc(C)c1N=C1SC(CC(=O)Nc2ccc(C(=O)O)cc2)C(=O)N1C[C@@H]1CCC(=O)N1. The molecule has 0 saturated carbocycles. The smallest absolute Gasteiger partial charge is 0.335 e. The average molecular weight is 495 g/mol. The van der Waals surface area contributed by atoms with Crippen LogP contribution in [-0.4, -0.2) is 56.7 Å². The Morgan fingerprint density at radius 3 is 2.43 bits per heavy atom. The molecule has 9 nitrogen and oxygen atoms in total. The Bertz CT molecular complexity index is 1190. The Kier molecular flexibility index (Phi) is 7.20. The number of hydrogen-bond donors (Lipinski definition) is 3. The third-order valence-electron chi connectivity index (χ3n) is 5.94. The number of thioether (sulfide) groups is 1. The number of benzene rings is 2. The molecule has 4 rings (SSSR count). The molecule has 2 aromatic rings. The third-order valence-corrected chi connectivity index (χ3v) is 7.12. The van der Waals surface area contributed by atoms with Crippen molar-refractivity contribution in [1.29, 1.82) is 0 Å². The highest BCUT2D eigenvalue weighted by Gasteiger charge is 2.41. The first-order valence-electron chi connectivity index (χ1n) is 11.3. The zero-order valence-corrected chi connectivity index (χ0v) is 20.2. The molecule has 35 heavy (non-hydrogen) atoms. The monoisotopic (exact) mass is 494 g/mol. The molecule has 182 valence electrons. The number of para-hydroxylation sites is 1. The van der Waals surface area contributed by atoms with Gasteiger partial charge in [-0.2, -0.15) is 0 Å². The molecule has 0 aliphatic carbocycles. The predicted octanol–water partition coefficient (Wildman–Crippen LogP) is 3.24. The van der Waals surface area contributed by atoms with Crippen LogP contribution in [-0.2, 0) is 14.4 Å². The number of nitrogens with one attached hydrogen (secondary N) is 2. The maximum atomic E-state index is 13.3. The summed E-state index contributed by atoms with van der Waals surface area (Å²) in [6.45, 7) is 4.21. The highest BCUT2D eigenvalue weighted by molar-refractivity contribution is 8.15. The van der Waals surface area contributed by atoms with E-state index >= 15 is 0 Å². The number of amides is 3. The molecule has 3 N–H and O–H groups in total. The molecule has 10 heteroatoms. The van der Waals surface area contributed by atoms with Crippen molar-refractivity contribution < 1.29 is 24.3 Å². The lowest BCUT2D eigenvalue weighted by atomic mass is 10.1. The molecule has 0 spiro atoms. The highest BCUT2D eigenvalue weighted by atomic mass is 32.2. The maximum absolute atomic E-state index is 13.3. The predicted molar refractivity (Wildman–Crippen MR) is 134 cm³/mol. The van der Waals surface area contributed by atoms with Crippen LogP contribution in [0.25, 0.3) is 0 Å². The van der Waals surface area contributed by atoms with Crippen LogP contribution in [0.3, 0.4) is 0 Å². The summed E-state index contributed by atoms with van der Waals surface area (Å²) in [5.74, 6) is -1.67. The highest BCUT2D eigenvalue weighted by Crippen LogP contribution is 2.34. The molecule has 2 aromatic carbocycles. The van der Waals surface area contributed by atoms with Gasteiger partial charge in [0.25, 0.3) is 0 Å². The quantitative estimate of drug-likeness (QED) is 0.542. The van der Waals surface area contributed by atoms with Crippen molar-refractivity contribution in [2.24, 2.45) is 4.99 Å². The Morgan fingerprint density at radius 2 is 1.83 bits per heavy atom. The van der Waals surface area contributed by atoms with E-state index in [1.54, 1.807) is 4.90 Å². The molecule has 0 radical (unpaired) electrons. The van der Waals surface area contributed by atoms with Gasteiger partial charge in [-0.1, -0.05) is 30.0 Å². The lowest BCUT2D eigenvalue weighted by Gasteiger charge is -2.21. The normalized spacial score (nSPS) is 20.9. The van der Waals surface area contributed by atoms with E-state index in [0.29, 0.717) is 30.2 Å². The number of rotatable bonds is 7. The van der Waals surface area contributed by atoms with E-state index in [1.807, 2.05) is 32.0 Å². The molecule has 2 aliphatic rings. The molecule has 2 heterocycles. The van der Waals surface area contributed by atoms with E-state index in [1.165, 1.54) is 36.0 Å². The van der Waals surface area contributed by atoms with Gasteiger partial charge in [-0.15, -0.1) is 0 Å². The zero-order chi connectivity index (χ0) is 25.1. The first kappa shape index (κ1) is 24.5.